The number of fused-ring (bicyclic) bond motifs is 2. The fraction of sp³-hybridized carbons (Fsp3) is 0.450. The van der Waals surface area contributed by atoms with E-state index >= 15 is 0 Å². The lowest BCUT2D eigenvalue weighted by atomic mass is 9.93. The van der Waals surface area contributed by atoms with E-state index in [1.807, 2.05) is 18.2 Å². The molecular weight excluding hydrogens is 324 g/mol. The molecule has 6 nitrogen and oxygen atoms in total. The van der Waals surface area contributed by atoms with Gasteiger partial charge in [-0.05, 0) is 50.8 Å². The summed E-state index contributed by atoms with van der Waals surface area (Å²) in [6, 6.07) is 8.75. The number of H-pyrrole nitrogens is 1. The standard InChI is InChI=1S/C20H26N6/c21-10-4-5-14(13-19-25-15-6-1-2-7-16(15)26-19)24-18-9-3-8-17-20(18)23-12-11-22-17/h1-2,6-7,11-12,14,18,24H,3-5,8-10,13,21H2,(H,25,26). The fourth-order valence-corrected chi connectivity index (χ4v) is 3.86. The van der Waals surface area contributed by atoms with E-state index in [2.05, 4.69) is 26.3 Å². The molecule has 6 heteroatoms. The highest BCUT2D eigenvalue weighted by atomic mass is 15.0. The minimum atomic E-state index is 0.264. The summed E-state index contributed by atoms with van der Waals surface area (Å²) in [5.74, 6) is 1.02. The third kappa shape index (κ3) is 3.76. The molecule has 0 amide bonds. The largest absolute Gasteiger partial charge is 0.342 e. The second kappa shape index (κ2) is 7.93. The highest BCUT2D eigenvalue weighted by Crippen LogP contribution is 2.27. The third-order valence-electron chi connectivity index (χ3n) is 5.11. The van der Waals surface area contributed by atoms with Gasteiger partial charge in [0.1, 0.15) is 5.82 Å². The molecule has 0 spiro atoms. The number of hydrogen-bond acceptors (Lipinski definition) is 5. The van der Waals surface area contributed by atoms with Crippen molar-refractivity contribution in [3.8, 4) is 0 Å². The molecular formula is C20H26N6. The summed E-state index contributed by atoms with van der Waals surface area (Å²) in [6.45, 7) is 0.708. The summed E-state index contributed by atoms with van der Waals surface area (Å²) in [5.41, 5.74) is 10.1. The van der Waals surface area contributed by atoms with E-state index in [1.54, 1.807) is 12.4 Å². The molecule has 0 radical (unpaired) electrons. The number of imidazole rings is 1. The third-order valence-corrected chi connectivity index (χ3v) is 5.11. The molecule has 0 saturated heterocycles. The maximum Gasteiger partial charge on any atom is 0.108 e. The lowest BCUT2D eigenvalue weighted by Crippen LogP contribution is -2.37. The van der Waals surface area contributed by atoms with E-state index < -0.39 is 0 Å². The second-order valence-electron chi connectivity index (χ2n) is 7.03. The maximum absolute atomic E-state index is 5.77. The molecule has 0 fully saturated rings. The number of rotatable bonds is 7. The molecule has 0 aliphatic heterocycles. The Balaban J connectivity index is 1.52. The van der Waals surface area contributed by atoms with Gasteiger partial charge in [0.2, 0.25) is 0 Å². The molecule has 1 aliphatic carbocycles. The van der Waals surface area contributed by atoms with Crippen LogP contribution >= 0.6 is 0 Å². The molecule has 1 aliphatic rings. The number of nitrogens with zero attached hydrogens (tertiary/aromatic N) is 3. The average Bonchev–Trinajstić information content (AvgIpc) is 3.08. The molecule has 26 heavy (non-hydrogen) atoms. The first-order valence-electron chi connectivity index (χ1n) is 9.53. The summed E-state index contributed by atoms with van der Waals surface area (Å²) in [5, 5.41) is 3.82. The Hall–Kier alpha value is -2.31. The van der Waals surface area contributed by atoms with Crippen LogP contribution in [0.2, 0.25) is 0 Å². The van der Waals surface area contributed by atoms with E-state index in [0.717, 1.165) is 66.8 Å². The quantitative estimate of drug-likeness (QED) is 0.609. The Morgan fingerprint density at radius 1 is 1.23 bits per heavy atom. The van der Waals surface area contributed by atoms with Crippen LogP contribution in [0.3, 0.4) is 0 Å². The minimum absolute atomic E-state index is 0.264. The Morgan fingerprint density at radius 2 is 2.12 bits per heavy atom. The zero-order valence-electron chi connectivity index (χ0n) is 15.0. The molecule has 2 aromatic heterocycles. The summed E-state index contributed by atoms with van der Waals surface area (Å²) < 4.78 is 0. The molecule has 2 unspecified atom stereocenters. The van der Waals surface area contributed by atoms with Crippen molar-refractivity contribution in [3.63, 3.8) is 0 Å². The van der Waals surface area contributed by atoms with E-state index in [4.69, 9.17) is 10.7 Å². The Kier molecular flexibility index (Phi) is 5.22. The van der Waals surface area contributed by atoms with Gasteiger partial charge in [0.25, 0.3) is 0 Å². The Bertz CT molecular complexity index is 825. The summed E-state index contributed by atoms with van der Waals surface area (Å²) >= 11 is 0. The summed E-state index contributed by atoms with van der Waals surface area (Å²) in [4.78, 5) is 17.3. The predicted molar refractivity (Wildman–Crippen MR) is 103 cm³/mol. The molecule has 2 atom stereocenters. The number of aromatic nitrogens is 4. The smallest absolute Gasteiger partial charge is 0.108 e. The van der Waals surface area contributed by atoms with Crippen LogP contribution in [0.1, 0.15) is 48.9 Å². The highest BCUT2D eigenvalue weighted by molar-refractivity contribution is 5.74. The zero-order valence-corrected chi connectivity index (χ0v) is 15.0. The van der Waals surface area contributed by atoms with Crippen molar-refractivity contribution in [3.05, 3.63) is 53.9 Å². The number of nitrogens with one attached hydrogen (secondary N) is 2. The van der Waals surface area contributed by atoms with Gasteiger partial charge in [-0.15, -0.1) is 0 Å². The first-order chi connectivity index (χ1) is 12.8. The van der Waals surface area contributed by atoms with Crippen LogP contribution in [0.25, 0.3) is 11.0 Å². The van der Waals surface area contributed by atoms with E-state index in [1.165, 1.54) is 0 Å². The van der Waals surface area contributed by atoms with Gasteiger partial charge in [-0.1, -0.05) is 12.1 Å². The van der Waals surface area contributed by atoms with Crippen LogP contribution < -0.4 is 11.1 Å². The number of aryl methyl sites for hydroxylation is 1. The number of aromatic amines is 1. The minimum Gasteiger partial charge on any atom is -0.342 e. The number of nitrogens with two attached hydrogens (primary N) is 1. The zero-order chi connectivity index (χ0) is 17.8. The normalized spacial score (nSPS) is 18.0. The van der Waals surface area contributed by atoms with Crippen LogP contribution in [-0.2, 0) is 12.8 Å². The Labute approximate surface area is 153 Å². The van der Waals surface area contributed by atoms with Crippen molar-refractivity contribution in [1.29, 1.82) is 0 Å². The number of benzene rings is 1. The topological polar surface area (TPSA) is 92.5 Å². The summed E-state index contributed by atoms with van der Waals surface area (Å²) in [7, 11) is 0. The van der Waals surface area contributed by atoms with Gasteiger partial charge in [-0.25, -0.2) is 4.98 Å². The molecule has 3 aromatic rings. The number of para-hydroxylation sites is 2. The van der Waals surface area contributed by atoms with Crippen molar-refractivity contribution >= 4 is 11.0 Å². The van der Waals surface area contributed by atoms with Crippen molar-refractivity contribution < 1.29 is 0 Å². The van der Waals surface area contributed by atoms with Crippen LogP contribution in [0.4, 0.5) is 0 Å². The molecule has 136 valence electrons. The molecule has 0 saturated carbocycles. The van der Waals surface area contributed by atoms with Crippen molar-refractivity contribution in [2.75, 3.05) is 6.54 Å². The maximum atomic E-state index is 5.77. The van der Waals surface area contributed by atoms with Crippen molar-refractivity contribution in [2.24, 2.45) is 5.73 Å². The predicted octanol–water partition coefficient (Wildman–Crippen LogP) is 2.67. The first kappa shape index (κ1) is 17.1. The molecule has 4 N–H and O–H groups in total. The van der Waals surface area contributed by atoms with Crippen LogP contribution in [-0.4, -0.2) is 32.5 Å². The Morgan fingerprint density at radius 3 is 3.00 bits per heavy atom. The van der Waals surface area contributed by atoms with Crippen LogP contribution in [0.5, 0.6) is 0 Å². The van der Waals surface area contributed by atoms with Gasteiger partial charge in [0, 0.05) is 24.9 Å². The second-order valence-corrected chi connectivity index (χ2v) is 7.03. The number of hydrogen-bond donors (Lipinski definition) is 3. The first-order valence-corrected chi connectivity index (χ1v) is 9.53. The molecule has 2 heterocycles. The SMILES string of the molecule is NCCCC(Cc1nc2ccccc2[nH]1)NC1CCCc2nccnc21. The fourth-order valence-electron chi connectivity index (χ4n) is 3.86. The monoisotopic (exact) mass is 350 g/mol. The van der Waals surface area contributed by atoms with Crippen LogP contribution in [0.15, 0.2) is 36.7 Å². The summed E-state index contributed by atoms with van der Waals surface area (Å²) in [6.07, 6.45) is 9.76. The highest BCUT2D eigenvalue weighted by Gasteiger charge is 2.25. The molecule has 1 aromatic carbocycles. The van der Waals surface area contributed by atoms with Gasteiger partial charge in [0.15, 0.2) is 0 Å². The van der Waals surface area contributed by atoms with E-state index in [9.17, 15) is 0 Å². The molecule has 4 rings (SSSR count). The van der Waals surface area contributed by atoms with E-state index in [-0.39, 0.29) is 6.04 Å². The average molecular weight is 350 g/mol. The molecule has 0 bridgehead atoms. The van der Waals surface area contributed by atoms with Gasteiger partial charge in [0.05, 0.1) is 28.5 Å². The van der Waals surface area contributed by atoms with Crippen LogP contribution in [0, 0.1) is 0 Å². The van der Waals surface area contributed by atoms with Gasteiger partial charge >= 0.3 is 0 Å². The van der Waals surface area contributed by atoms with E-state index in [0.29, 0.717) is 12.6 Å². The lowest BCUT2D eigenvalue weighted by Gasteiger charge is -2.29. The van der Waals surface area contributed by atoms with Gasteiger partial charge < -0.3 is 16.0 Å². The van der Waals surface area contributed by atoms with Gasteiger partial charge in [-0.3, -0.25) is 9.97 Å². The van der Waals surface area contributed by atoms with Crippen molar-refractivity contribution in [2.45, 2.75) is 50.6 Å². The van der Waals surface area contributed by atoms with Crippen molar-refractivity contribution in [1.82, 2.24) is 25.3 Å². The van der Waals surface area contributed by atoms with Gasteiger partial charge in [-0.2, -0.15) is 0 Å². The lowest BCUT2D eigenvalue weighted by molar-refractivity contribution is 0.361.